The van der Waals surface area contributed by atoms with E-state index in [2.05, 4.69) is 21.2 Å². The van der Waals surface area contributed by atoms with Crippen LogP contribution in [-0.4, -0.2) is 5.91 Å². The number of benzene rings is 2. The fraction of sp³-hybridized carbons (Fsp3) is 0. The Morgan fingerprint density at radius 3 is 2.63 bits per heavy atom. The van der Waals surface area contributed by atoms with Crippen LogP contribution in [0.1, 0.15) is 10.4 Å². The molecule has 2 nitrogen and oxygen atoms in total. The van der Waals surface area contributed by atoms with E-state index >= 15 is 0 Å². The van der Waals surface area contributed by atoms with Gasteiger partial charge in [-0.25, -0.2) is 4.39 Å². The molecule has 0 aliphatic rings. The lowest BCUT2D eigenvalue weighted by atomic mass is 10.2. The predicted molar refractivity (Wildman–Crippen MR) is 86.2 cm³/mol. The summed E-state index contributed by atoms with van der Waals surface area (Å²) in [5.41, 5.74) is 1.03. The maximum absolute atomic E-state index is 13.0. The zero-order valence-electron chi connectivity index (χ0n) is 9.38. The lowest BCUT2D eigenvalue weighted by molar-refractivity contribution is 0.102. The molecule has 2 aromatic carbocycles. The zero-order chi connectivity index (χ0) is 14.0. The monoisotopic (exact) mass is 453 g/mol. The molecule has 0 saturated carbocycles. The molecule has 1 N–H and O–H groups in total. The van der Waals surface area contributed by atoms with Crippen molar-refractivity contribution in [3.05, 3.63) is 60.8 Å². The number of hydrogen-bond donors (Lipinski definition) is 1. The Hall–Kier alpha value is -0.660. The first-order valence-electron chi connectivity index (χ1n) is 5.19. The van der Waals surface area contributed by atoms with E-state index in [-0.39, 0.29) is 11.7 Å². The fourth-order valence-electron chi connectivity index (χ4n) is 1.45. The average molecular weight is 454 g/mol. The Morgan fingerprint density at radius 2 is 2.00 bits per heavy atom. The molecule has 0 atom stereocenters. The summed E-state index contributed by atoms with van der Waals surface area (Å²) in [4.78, 5) is 12.1. The van der Waals surface area contributed by atoms with Gasteiger partial charge in [-0.15, -0.1) is 0 Å². The van der Waals surface area contributed by atoms with Crippen molar-refractivity contribution in [1.82, 2.24) is 0 Å². The van der Waals surface area contributed by atoms with Crippen molar-refractivity contribution in [2.24, 2.45) is 0 Å². The molecule has 2 aromatic rings. The van der Waals surface area contributed by atoms with Crippen LogP contribution in [0.3, 0.4) is 0 Å². The molecule has 6 heteroatoms. The lowest BCUT2D eigenvalue weighted by Gasteiger charge is -2.09. The van der Waals surface area contributed by atoms with Crippen LogP contribution in [0.15, 0.2) is 40.9 Å². The largest absolute Gasteiger partial charge is 0.321 e. The Balaban J connectivity index is 2.25. The number of nitrogens with one attached hydrogen (secondary N) is 1. The van der Waals surface area contributed by atoms with E-state index in [1.165, 1.54) is 18.2 Å². The van der Waals surface area contributed by atoms with Gasteiger partial charge in [-0.2, -0.15) is 0 Å². The number of carbonyl (C=O) groups is 1. The van der Waals surface area contributed by atoms with Crippen LogP contribution in [0, 0.1) is 9.39 Å². The fourth-order valence-corrected chi connectivity index (χ4v) is 2.96. The smallest absolute Gasteiger partial charge is 0.256 e. The molecule has 0 aromatic heterocycles. The van der Waals surface area contributed by atoms with Gasteiger partial charge in [0.05, 0.1) is 11.3 Å². The van der Waals surface area contributed by atoms with Gasteiger partial charge in [-0.05, 0) is 74.9 Å². The van der Waals surface area contributed by atoms with Gasteiger partial charge < -0.3 is 5.32 Å². The molecule has 0 fully saturated rings. The molecule has 0 saturated heterocycles. The Bertz CT molecular complexity index is 651. The molecule has 0 aliphatic carbocycles. The third kappa shape index (κ3) is 3.67. The second-order valence-corrected chi connectivity index (χ2v) is 6.16. The molecule has 0 radical (unpaired) electrons. The van der Waals surface area contributed by atoms with Crippen molar-refractivity contribution in [2.45, 2.75) is 0 Å². The second-order valence-electron chi connectivity index (χ2n) is 3.70. The number of amides is 1. The summed E-state index contributed by atoms with van der Waals surface area (Å²) in [5.74, 6) is -0.666. The molecule has 98 valence electrons. The Labute approximate surface area is 136 Å². The van der Waals surface area contributed by atoms with Gasteiger partial charge in [-0.3, -0.25) is 4.79 Å². The highest BCUT2D eigenvalue weighted by molar-refractivity contribution is 14.1. The van der Waals surface area contributed by atoms with E-state index in [1.54, 1.807) is 18.2 Å². The normalized spacial score (nSPS) is 10.3. The summed E-state index contributed by atoms with van der Waals surface area (Å²) < 4.78 is 14.2. The molecule has 0 bridgehead atoms. The van der Waals surface area contributed by atoms with Crippen molar-refractivity contribution < 1.29 is 9.18 Å². The first kappa shape index (κ1) is 14.7. The topological polar surface area (TPSA) is 29.1 Å². The van der Waals surface area contributed by atoms with Gasteiger partial charge in [0, 0.05) is 13.1 Å². The number of carbonyl (C=O) groups excluding carboxylic acids is 1. The van der Waals surface area contributed by atoms with E-state index in [0.29, 0.717) is 24.3 Å². The van der Waals surface area contributed by atoms with Crippen LogP contribution < -0.4 is 5.32 Å². The number of halogens is 4. The maximum atomic E-state index is 13.0. The van der Waals surface area contributed by atoms with E-state index < -0.39 is 0 Å². The van der Waals surface area contributed by atoms with Crippen LogP contribution in [0.4, 0.5) is 10.1 Å². The molecular weight excluding hydrogens is 447 g/mol. The van der Waals surface area contributed by atoms with Crippen molar-refractivity contribution in [3.8, 4) is 0 Å². The number of rotatable bonds is 2. The molecule has 0 unspecified atom stereocenters. The van der Waals surface area contributed by atoms with Gasteiger partial charge in [0.1, 0.15) is 5.82 Å². The minimum absolute atomic E-state index is 0.299. The first-order chi connectivity index (χ1) is 8.97. The van der Waals surface area contributed by atoms with Crippen LogP contribution in [0.2, 0.25) is 5.02 Å². The van der Waals surface area contributed by atoms with E-state index in [4.69, 9.17) is 11.6 Å². The Kier molecular flexibility index (Phi) is 4.81. The van der Waals surface area contributed by atoms with Gasteiger partial charge in [0.25, 0.3) is 5.91 Å². The quantitative estimate of drug-likeness (QED) is 0.629. The molecule has 0 spiro atoms. The predicted octanol–water partition coefficient (Wildman–Crippen LogP) is 5.10. The third-order valence-corrected chi connectivity index (χ3v) is 4.14. The van der Waals surface area contributed by atoms with Gasteiger partial charge in [0.2, 0.25) is 0 Å². The third-order valence-electron chi connectivity index (χ3n) is 2.36. The van der Waals surface area contributed by atoms with Gasteiger partial charge in [-0.1, -0.05) is 11.6 Å². The molecule has 2 rings (SSSR count). The Morgan fingerprint density at radius 1 is 1.26 bits per heavy atom. The second kappa shape index (κ2) is 6.19. The average Bonchev–Trinajstić information content (AvgIpc) is 2.32. The van der Waals surface area contributed by atoms with E-state index in [0.717, 1.165) is 0 Å². The summed E-state index contributed by atoms with van der Waals surface area (Å²) >= 11 is 11.1. The first-order valence-corrected chi connectivity index (χ1v) is 7.44. The van der Waals surface area contributed by atoms with E-state index in [1.807, 2.05) is 22.6 Å². The zero-order valence-corrected chi connectivity index (χ0v) is 13.9. The minimum Gasteiger partial charge on any atom is -0.321 e. The van der Waals surface area contributed by atoms with Crippen LogP contribution in [0.5, 0.6) is 0 Å². The van der Waals surface area contributed by atoms with Gasteiger partial charge >= 0.3 is 0 Å². The van der Waals surface area contributed by atoms with Crippen LogP contribution >= 0.6 is 50.1 Å². The summed E-state index contributed by atoms with van der Waals surface area (Å²) in [6.45, 7) is 0. The highest BCUT2D eigenvalue weighted by Gasteiger charge is 2.12. The van der Waals surface area contributed by atoms with Crippen molar-refractivity contribution in [2.75, 3.05) is 5.32 Å². The molecule has 19 heavy (non-hydrogen) atoms. The summed E-state index contributed by atoms with van der Waals surface area (Å²) in [7, 11) is 0. The number of anilines is 1. The van der Waals surface area contributed by atoms with E-state index in [9.17, 15) is 9.18 Å². The molecule has 0 heterocycles. The van der Waals surface area contributed by atoms with Crippen molar-refractivity contribution in [1.29, 1.82) is 0 Å². The minimum atomic E-state index is -0.367. The number of hydrogen-bond acceptors (Lipinski definition) is 1. The SMILES string of the molecule is O=C(Nc1ccc(Cl)cc1Br)c1ccc(F)cc1I. The highest BCUT2D eigenvalue weighted by Crippen LogP contribution is 2.26. The van der Waals surface area contributed by atoms with Crippen LogP contribution in [0.25, 0.3) is 0 Å². The van der Waals surface area contributed by atoms with Crippen molar-refractivity contribution in [3.63, 3.8) is 0 Å². The standard InChI is InChI=1S/C13H7BrClFINO/c14-10-5-7(15)1-4-12(10)18-13(19)9-3-2-8(16)6-11(9)17/h1-6H,(H,18,19). The highest BCUT2D eigenvalue weighted by atomic mass is 127. The van der Waals surface area contributed by atoms with Crippen LogP contribution in [-0.2, 0) is 0 Å². The van der Waals surface area contributed by atoms with Gasteiger partial charge in [0.15, 0.2) is 0 Å². The maximum Gasteiger partial charge on any atom is 0.256 e. The van der Waals surface area contributed by atoms with Crippen molar-refractivity contribution >= 4 is 61.7 Å². The molecular formula is C13H7BrClFINO. The summed E-state index contributed by atoms with van der Waals surface area (Å²) in [6.07, 6.45) is 0. The summed E-state index contributed by atoms with van der Waals surface area (Å²) in [6, 6.07) is 9.09. The lowest BCUT2D eigenvalue weighted by Crippen LogP contribution is -2.13. The molecule has 1 amide bonds. The summed E-state index contributed by atoms with van der Waals surface area (Å²) in [5, 5.41) is 3.31. The molecule has 0 aliphatic heterocycles.